The molecular formula is C37H42FN5O5. The number of hydrogen-bond acceptors (Lipinski definition) is 6. The lowest BCUT2D eigenvalue weighted by atomic mass is 9.83. The van der Waals surface area contributed by atoms with Crippen LogP contribution in [0, 0.1) is 5.82 Å². The number of para-hydroxylation sites is 1. The molecule has 10 nitrogen and oxygen atoms in total. The van der Waals surface area contributed by atoms with Gasteiger partial charge in [-0.15, -0.1) is 0 Å². The molecule has 3 fully saturated rings. The molecule has 2 saturated heterocycles. The van der Waals surface area contributed by atoms with E-state index < -0.39 is 29.6 Å². The zero-order valence-corrected chi connectivity index (χ0v) is 27.2. The highest BCUT2D eigenvalue weighted by molar-refractivity contribution is 6.03. The number of rotatable bonds is 8. The third-order valence-corrected chi connectivity index (χ3v) is 9.35. The number of carbonyl (C=O) groups is 4. The summed E-state index contributed by atoms with van der Waals surface area (Å²) in [5, 5.41) is 8.75. The summed E-state index contributed by atoms with van der Waals surface area (Å²) < 4.78 is 20.9. The standard InChI is InChI=1S/C37H42FN5O5/c1-24(44)40-30-19-27(18-28(38)21-30)36(46)42-16-17-43(33(23-42)35(45)41-29-10-6-3-7-11-29)37(47)26-12-13-34(48-31-14-15-39-22-31)32(20-26)25-8-4-2-5-9-25/h3,6-7,10-13,18-21,25,31,33,39H,2,4-5,8-9,14-17,22-23H2,1H3,(H,40,44)(H,41,45)/t31-,33?/m0/s1. The molecule has 4 amide bonds. The molecule has 1 unspecified atom stereocenters. The van der Waals surface area contributed by atoms with Gasteiger partial charge < -0.3 is 30.5 Å². The van der Waals surface area contributed by atoms with Crippen LogP contribution in [0.15, 0.2) is 66.7 Å². The van der Waals surface area contributed by atoms with Gasteiger partial charge in [-0.25, -0.2) is 4.39 Å². The molecule has 252 valence electrons. The van der Waals surface area contributed by atoms with Crippen molar-refractivity contribution in [2.45, 2.75) is 63.5 Å². The molecule has 0 spiro atoms. The molecule has 3 aromatic carbocycles. The lowest BCUT2D eigenvalue weighted by Gasteiger charge is -2.40. The molecule has 1 saturated carbocycles. The topological polar surface area (TPSA) is 120 Å². The van der Waals surface area contributed by atoms with Gasteiger partial charge in [-0.3, -0.25) is 19.2 Å². The fourth-order valence-corrected chi connectivity index (χ4v) is 6.95. The Hall–Kier alpha value is -4.77. The van der Waals surface area contributed by atoms with Crippen molar-refractivity contribution in [2.75, 3.05) is 43.4 Å². The molecule has 2 heterocycles. The lowest BCUT2D eigenvalue weighted by molar-refractivity contribution is -0.122. The number of hydrogen-bond donors (Lipinski definition) is 3. The maximum Gasteiger partial charge on any atom is 0.254 e. The Morgan fingerprint density at radius 2 is 1.62 bits per heavy atom. The van der Waals surface area contributed by atoms with E-state index >= 15 is 0 Å². The number of nitrogens with zero attached hydrogens (tertiary/aromatic N) is 2. The summed E-state index contributed by atoms with van der Waals surface area (Å²) in [6, 6.07) is 17.2. The fraction of sp³-hybridized carbons (Fsp3) is 0.405. The third-order valence-electron chi connectivity index (χ3n) is 9.35. The van der Waals surface area contributed by atoms with Crippen LogP contribution in [-0.2, 0) is 9.59 Å². The molecule has 3 aliphatic rings. The van der Waals surface area contributed by atoms with E-state index in [4.69, 9.17) is 4.74 Å². The van der Waals surface area contributed by atoms with Crippen LogP contribution in [0.4, 0.5) is 15.8 Å². The Labute approximate surface area is 280 Å². The molecule has 6 rings (SSSR count). The van der Waals surface area contributed by atoms with Crippen molar-refractivity contribution in [1.29, 1.82) is 0 Å². The smallest absolute Gasteiger partial charge is 0.254 e. The predicted octanol–water partition coefficient (Wildman–Crippen LogP) is 5.18. The number of nitrogens with one attached hydrogen (secondary N) is 3. The Kier molecular flexibility index (Phi) is 10.3. The molecule has 11 heteroatoms. The highest BCUT2D eigenvalue weighted by Gasteiger charge is 2.38. The zero-order chi connectivity index (χ0) is 33.6. The fourth-order valence-electron chi connectivity index (χ4n) is 6.95. The summed E-state index contributed by atoms with van der Waals surface area (Å²) in [6.45, 7) is 3.13. The van der Waals surface area contributed by atoms with Crippen molar-refractivity contribution >= 4 is 35.0 Å². The third kappa shape index (κ3) is 7.84. The number of amides is 4. The van der Waals surface area contributed by atoms with Crippen molar-refractivity contribution in [3.8, 4) is 5.75 Å². The summed E-state index contributed by atoms with van der Waals surface area (Å²) >= 11 is 0. The van der Waals surface area contributed by atoms with Crippen LogP contribution in [0.1, 0.15) is 77.6 Å². The maximum atomic E-state index is 14.5. The number of benzene rings is 3. The second-order valence-corrected chi connectivity index (χ2v) is 12.9. The number of halogens is 1. The van der Waals surface area contributed by atoms with E-state index in [0.29, 0.717) is 11.3 Å². The van der Waals surface area contributed by atoms with Crippen LogP contribution >= 0.6 is 0 Å². The first-order valence-electron chi connectivity index (χ1n) is 16.8. The van der Waals surface area contributed by atoms with Gasteiger partial charge in [0.25, 0.3) is 11.8 Å². The second kappa shape index (κ2) is 15.0. The molecule has 0 radical (unpaired) electrons. The Bertz CT molecular complexity index is 1660. The van der Waals surface area contributed by atoms with Crippen LogP contribution in [0.5, 0.6) is 5.75 Å². The van der Waals surface area contributed by atoms with Crippen LogP contribution < -0.4 is 20.7 Å². The minimum atomic E-state index is -1.02. The number of ether oxygens (including phenoxy) is 1. The van der Waals surface area contributed by atoms with Crippen molar-refractivity contribution < 1.29 is 28.3 Å². The van der Waals surface area contributed by atoms with Gasteiger partial charge in [-0.1, -0.05) is 37.5 Å². The average molecular weight is 656 g/mol. The molecule has 1 aliphatic carbocycles. The first kappa shape index (κ1) is 33.1. The molecule has 48 heavy (non-hydrogen) atoms. The van der Waals surface area contributed by atoms with Gasteiger partial charge in [0, 0.05) is 49.1 Å². The summed E-state index contributed by atoms with van der Waals surface area (Å²) in [5.74, 6) is -1.22. The highest BCUT2D eigenvalue weighted by atomic mass is 19.1. The van der Waals surface area contributed by atoms with Crippen LogP contribution in [0.25, 0.3) is 0 Å². The van der Waals surface area contributed by atoms with E-state index in [-0.39, 0.29) is 48.8 Å². The Balaban J connectivity index is 1.28. The van der Waals surface area contributed by atoms with Crippen molar-refractivity contribution in [1.82, 2.24) is 15.1 Å². The van der Waals surface area contributed by atoms with Crippen molar-refractivity contribution in [3.05, 3.63) is 89.2 Å². The van der Waals surface area contributed by atoms with Crippen molar-refractivity contribution in [2.24, 2.45) is 0 Å². The summed E-state index contributed by atoms with van der Waals surface area (Å²) in [6.07, 6.45) is 6.52. The first-order valence-corrected chi connectivity index (χ1v) is 16.8. The summed E-state index contributed by atoms with van der Waals surface area (Å²) in [4.78, 5) is 56.3. The molecule has 2 aliphatic heterocycles. The van der Waals surface area contributed by atoms with Gasteiger partial charge in [0.2, 0.25) is 11.8 Å². The van der Waals surface area contributed by atoms with Crippen LogP contribution in [0.2, 0.25) is 0 Å². The molecule has 2 atom stereocenters. The lowest BCUT2D eigenvalue weighted by Crippen LogP contribution is -2.60. The minimum Gasteiger partial charge on any atom is -0.489 e. The predicted molar refractivity (Wildman–Crippen MR) is 181 cm³/mol. The van der Waals surface area contributed by atoms with E-state index in [1.165, 1.54) is 29.2 Å². The number of piperazine rings is 1. The van der Waals surface area contributed by atoms with Gasteiger partial charge in [0.15, 0.2) is 0 Å². The number of anilines is 2. The summed E-state index contributed by atoms with van der Waals surface area (Å²) in [5.41, 5.74) is 2.25. The molecule has 0 aromatic heterocycles. The molecule has 3 N–H and O–H groups in total. The van der Waals surface area contributed by atoms with Crippen LogP contribution in [0.3, 0.4) is 0 Å². The SMILES string of the molecule is CC(=O)Nc1cc(F)cc(C(=O)N2CCN(C(=O)c3ccc(O[C@H]4CCNC4)c(C4CCCCC4)c3)C(C(=O)Nc3ccccc3)C2)c1. The zero-order valence-electron chi connectivity index (χ0n) is 27.2. The van der Waals surface area contributed by atoms with Gasteiger partial charge in [-0.2, -0.15) is 0 Å². The second-order valence-electron chi connectivity index (χ2n) is 12.9. The Morgan fingerprint density at radius 3 is 2.35 bits per heavy atom. The molecule has 0 bridgehead atoms. The van der Waals surface area contributed by atoms with Gasteiger partial charge in [0.1, 0.15) is 23.7 Å². The van der Waals surface area contributed by atoms with E-state index in [1.807, 2.05) is 18.2 Å². The first-order chi connectivity index (χ1) is 23.2. The summed E-state index contributed by atoms with van der Waals surface area (Å²) in [7, 11) is 0. The van der Waals surface area contributed by atoms with Gasteiger partial charge in [0.05, 0.1) is 6.54 Å². The normalized spacial score (nSPS) is 19.9. The van der Waals surface area contributed by atoms with E-state index in [0.717, 1.165) is 68.6 Å². The largest absolute Gasteiger partial charge is 0.489 e. The molecule has 3 aromatic rings. The van der Waals surface area contributed by atoms with E-state index in [2.05, 4.69) is 16.0 Å². The van der Waals surface area contributed by atoms with Crippen LogP contribution in [-0.4, -0.2) is 78.3 Å². The van der Waals surface area contributed by atoms with Crippen molar-refractivity contribution in [3.63, 3.8) is 0 Å². The highest BCUT2D eigenvalue weighted by Crippen LogP contribution is 2.39. The average Bonchev–Trinajstić information content (AvgIpc) is 3.61. The quantitative estimate of drug-likeness (QED) is 0.308. The molecular weight excluding hydrogens is 613 g/mol. The monoisotopic (exact) mass is 655 g/mol. The van der Waals surface area contributed by atoms with Gasteiger partial charge in [-0.05, 0) is 85.8 Å². The van der Waals surface area contributed by atoms with E-state index in [9.17, 15) is 23.6 Å². The Morgan fingerprint density at radius 1 is 0.833 bits per heavy atom. The van der Waals surface area contributed by atoms with Gasteiger partial charge >= 0.3 is 0 Å². The van der Waals surface area contributed by atoms with E-state index in [1.54, 1.807) is 30.3 Å². The minimum absolute atomic E-state index is 0.0333. The maximum absolute atomic E-state index is 14.5. The number of carbonyl (C=O) groups excluding carboxylic acids is 4.